The molecule has 1 heterocycles. The van der Waals surface area contributed by atoms with Gasteiger partial charge < -0.3 is 9.64 Å². The van der Waals surface area contributed by atoms with E-state index in [4.69, 9.17) is 4.74 Å². The Hall–Kier alpha value is -1.84. The lowest BCUT2D eigenvalue weighted by atomic mass is 10.1. The summed E-state index contributed by atoms with van der Waals surface area (Å²) >= 11 is 0. The number of rotatable bonds is 3. The Morgan fingerprint density at radius 2 is 2.11 bits per heavy atom. The molecule has 1 aliphatic heterocycles. The van der Waals surface area contributed by atoms with Crippen LogP contribution in [0.4, 0.5) is 5.69 Å². The summed E-state index contributed by atoms with van der Waals surface area (Å²) < 4.78 is 5.16. The molecule has 1 amide bonds. The SMILES string of the molecule is COc1cc(N2CCCCCC2=O)ccc1C=O. The maximum Gasteiger partial charge on any atom is 0.226 e. The molecule has 4 nitrogen and oxygen atoms in total. The summed E-state index contributed by atoms with van der Waals surface area (Å²) in [7, 11) is 1.52. The second-order valence-electron chi connectivity index (χ2n) is 4.40. The second kappa shape index (κ2) is 5.67. The summed E-state index contributed by atoms with van der Waals surface area (Å²) in [6, 6.07) is 5.25. The molecular formula is C14H17NO3. The lowest BCUT2D eigenvalue weighted by Crippen LogP contribution is -2.29. The van der Waals surface area contributed by atoms with Gasteiger partial charge in [0.2, 0.25) is 5.91 Å². The van der Waals surface area contributed by atoms with Gasteiger partial charge in [-0.25, -0.2) is 0 Å². The molecule has 0 radical (unpaired) electrons. The fourth-order valence-corrected chi connectivity index (χ4v) is 2.22. The van der Waals surface area contributed by atoms with E-state index in [9.17, 15) is 9.59 Å². The molecular weight excluding hydrogens is 230 g/mol. The first-order chi connectivity index (χ1) is 8.76. The molecule has 1 fully saturated rings. The summed E-state index contributed by atoms with van der Waals surface area (Å²) in [5, 5.41) is 0. The van der Waals surface area contributed by atoms with Crippen LogP contribution in [-0.2, 0) is 4.79 Å². The number of hydrogen-bond acceptors (Lipinski definition) is 3. The summed E-state index contributed by atoms with van der Waals surface area (Å²) in [6.45, 7) is 0.739. The van der Waals surface area contributed by atoms with Gasteiger partial charge in [0.25, 0.3) is 0 Å². The lowest BCUT2D eigenvalue weighted by Gasteiger charge is -2.21. The molecule has 0 spiro atoms. The van der Waals surface area contributed by atoms with Crippen LogP contribution >= 0.6 is 0 Å². The molecule has 1 aromatic carbocycles. The number of ether oxygens (including phenoxy) is 1. The Balaban J connectivity index is 2.31. The van der Waals surface area contributed by atoms with E-state index >= 15 is 0 Å². The van der Waals surface area contributed by atoms with Crippen molar-refractivity contribution in [2.75, 3.05) is 18.6 Å². The number of amides is 1. The number of anilines is 1. The summed E-state index contributed by atoms with van der Waals surface area (Å²) in [6.07, 6.45) is 4.42. The lowest BCUT2D eigenvalue weighted by molar-refractivity contribution is -0.118. The van der Waals surface area contributed by atoms with Crippen LogP contribution in [0.2, 0.25) is 0 Å². The molecule has 1 aliphatic rings. The maximum absolute atomic E-state index is 12.0. The monoisotopic (exact) mass is 247 g/mol. The van der Waals surface area contributed by atoms with E-state index in [1.807, 2.05) is 0 Å². The van der Waals surface area contributed by atoms with Crippen LogP contribution in [0, 0.1) is 0 Å². The van der Waals surface area contributed by atoms with Crippen LogP contribution in [0.5, 0.6) is 5.75 Å². The van der Waals surface area contributed by atoms with E-state index in [0.717, 1.165) is 37.8 Å². The van der Waals surface area contributed by atoms with Crippen molar-refractivity contribution in [3.63, 3.8) is 0 Å². The van der Waals surface area contributed by atoms with E-state index < -0.39 is 0 Å². The third-order valence-electron chi connectivity index (χ3n) is 3.23. The minimum absolute atomic E-state index is 0.147. The molecule has 0 unspecified atom stereocenters. The van der Waals surface area contributed by atoms with Crippen molar-refractivity contribution in [3.05, 3.63) is 23.8 Å². The predicted molar refractivity (Wildman–Crippen MR) is 69.2 cm³/mol. The van der Waals surface area contributed by atoms with Gasteiger partial charge in [0.05, 0.1) is 12.7 Å². The van der Waals surface area contributed by atoms with E-state index in [0.29, 0.717) is 17.7 Å². The topological polar surface area (TPSA) is 46.6 Å². The quantitative estimate of drug-likeness (QED) is 0.770. The number of carbonyl (C=O) groups excluding carboxylic acids is 2. The minimum Gasteiger partial charge on any atom is -0.496 e. The van der Waals surface area contributed by atoms with Crippen molar-refractivity contribution in [1.29, 1.82) is 0 Å². The highest BCUT2D eigenvalue weighted by Crippen LogP contribution is 2.27. The van der Waals surface area contributed by atoms with Gasteiger partial charge in [0.1, 0.15) is 5.75 Å². The predicted octanol–water partition coefficient (Wildman–Crippen LogP) is 2.41. The van der Waals surface area contributed by atoms with E-state index in [1.54, 1.807) is 23.1 Å². The summed E-state index contributed by atoms with van der Waals surface area (Å²) in [4.78, 5) is 24.6. The number of carbonyl (C=O) groups is 2. The Kier molecular flexibility index (Phi) is 3.97. The molecule has 1 aromatic rings. The highest BCUT2D eigenvalue weighted by Gasteiger charge is 2.19. The highest BCUT2D eigenvalue weighted by molar-refractivity contribution is 5.94. The van der Waals surface area contributed by atoms with Gasteiger partial charge >= 0.3 is 0 Å². The fraction of sp³-hybridized carbons (Fsp3) is 0.429. The number of benzene rings is 1. The third kappa shape index (κ3) is 2.53. The molecule has 0 N–H and O–H groups in total. The van der Waals surface area contributed by atoms with Crippen LogP contribution in [0.3, 0.4) is 0 Å². The highest BCUT2D eigenvalue weighted by atomic mass is 16.5. The maximum atomic E-state index is 12.0. The van der Waals surface area contributed by atoms with Crippen molar-refractivity contribution in [2.24, 2.45) is 0 Å². The molecule has 0 aliphatic carbocycles. The Labute approximate surface area is 107 Å². The van der Waals surface area contributed by atoms with Gasteiger partial charge in [-0.05, 0) is 25.0 Å². The zero-order valence-corrected chi connectivity index (χ0v) is 10.5. The zero-order chi connectivity index (χ0) is 13.0. The van der Waals surface area contributed by atoms with Gasteiger partial charge in [-0.2, -0.15) is 0 Å². The number of aldehydes is 1. The molecule has 0 saturated carbocycles. The minimum atomic E-state index is 0.147. The van der Waals surface area contributed by atoms with Crippen LogP contribution in [0.15, 0.2) is 18.2 Å². The van der Waals surface area contributed by atoms with Crippen LogP contribution in [0.25, 0.3) is 0 Å². The number of methoxy groups -OCH3 is 1. The normalized spacial score (nSPS) is 16.3. The van der Waals surface area contributed by atoms with Crippen LogP contribution < -0.4 is 9.64 Å². The Bertz CT molecular complexity index is 456. The molecule has 0 aromatic heterocycles. The summed E-state index contributed by atoms with van der Waals surface area (Å²) in [5.41, 5.74) is 1.31. The number of nitrogens with zero attached hydrogens (tertiary/aromatic N) is 1. The Morgan fingerprint density at radius 1 is 1.28 bits per heavy atom. The average Bonchev–Trinajstić information content (AvgIpc) is 2.62. The van der Waals surface area contributed by atoms with Crippen molar-refractivity contribution in [2.45, 2.75) is 25.7 Å². The fourth-order valence-electron chi connectivity index (χ4n) is 2.22. The molecule has 0 bridgehead atoms. The first-order valence-electron chi connectivity index (χ1n) is 6.20. The van der Waals surface area contributed by atoms with Gasteiger partial charge in [-0.1, -0.05) is 6.42 Å². The van der Waals surface area contributed by atoms with Crippen molar-refractivity contribution >= 4 is 17.9 Å². The smallest absolute Gasteiger partial charge is 0.226 e. The molecule has 2 rings (SSSR count). The largest absolute Gasteiger partial charge is 0.496 e. The van der Waals surface area contributed by atoms with E-state index in [-0.39, 0.29) is 5.91 Å². The number of hydrogen-bond donors (Lipinski definition) is 0. The third-order valence-corrected chi connectivity index (χ3v) is 3.23. The van der Waals surface area contributed by atoms with Crippen molar-refractivity contribution in [3.8, 4) is 5.75 Å². The first-order valence-corrected chi connectivity index (χ1v) is 6.20. The van der Waals surface area contributed by atoms with Crippen molar-refractivity contribution < 1.29 is 14.3 Å². The average molecular weight is 247 g/mol. The molecule has 18 heavy (non-hydrogen) atoms. The Morgan fingerprint density at radius 3 is 2.83 bits per heavy atom. The van der Waals surface area contributed by atoms with Crippen LogP contribution in [0.1, 0.15) is 36.0 Å². The van der Waals surface area contributed by atoms with Crippen LogP contribution in [-0.4, -0.2) is 25.8 Å². The van der Waals surface area contributed by atoms with Gasteiger partial charge in [-0.3, -0.25) is 9.59 Å². The molecule has 0 atom stereocenters. The zero-order valence-electron chi connectivity index (χ0n) is 10.5. The summed E-state index contributed by atoms with van der Waals surface area (Å²) in [5.74, 6) is 0.660. The van der Waals surface area contributed by atoms with Crippen molar-refractivity contribution in [1.82, 2.24) is 0 Å². The molecule has 4 heteroatoms. The van der Waals surface area contributed by atoms with Gasteiger partial charge in [0, 0.05) is 24.7 Å². The molecule has 96 valence electrons. The van der Waals surface area contributed by atoms with E-state index in [2.05, 4.69) is 0 Å². The first kappa shape index (κ1) is 12.6. The second-order valence-corrected chi connectivity index (χ2v) is 4.40. The van der Waals surface area contributed by atoms with Gasteiger partial charge in [0.15, 0.2) is 6.29 Å². The standard InChI is InChI=1S/C14H17NO3/c1-18-13-9-12(7-6-11(13)10-16)15-8-4-2-3-5-14(15)17/h6-7,9-10H,2-5,8H2,1H3. The molecule has 1 saturated heterocycles. The van der Waals surface area contributed by atoms with E-state index in [1.165, 1.54) is 7.11 Å². The van der Waals surface area contributed by atoms with Gasteiger partial charge in [-0.15, -0.1) is 0 Å².